The quantitative estimate of drug-likeness (QED) is 0.747. The summed E-state index contributed by atoms with van der Waals surface area (Å²) < 4.78 is 0. The molecule has 104 valence electrons. The average molecular weight is 261 g/mol. The summed E-state index contributed by atoms with van der Waals surface area (Å²) in [5, 5.41) is 9.35. The lowest BCUT2D eigenvalue weighted by Crippen LogP contribution is -2.69. The lowest BCUT2D eigenvalue weighted by Gasteiger charge is -2.69. The molecule has 3 nitrogen and oxygen atoms in total. The number of carboxylic acids is 1. The Labute approximate surface area is 114 Å². The first-order valence-electron chi connectivity index (χ1n) is 7.80. The van der Waals surface area contributed by atoms with E-state index in [9.17, 15) is 9.90 Å². The van der Waals surface area contributed by atoms with Crippen molar-refractivity contribution in [2.45, 2.75) is 38.5 Å². The number of nitrogens with two attached hydrogens (primary N) is 1. The number of rotatable bonds is 5. The molecule has 4 aliphatic carbocycles. The van der Waals surface area contributed by atoms with Gasteiger partial charge in [-0.2, -0.15) is 0 Å². The first-order chi connectivity index (χ1) is 9.16. The van der Waals surface area contributed by atoms with Crippen LogP contribution in [0.15, 0.2) is 11.6 Å². The summed E-state index contributed by atoms with van der Waals surface area (Å²) in [6.07, 6.45) is 10.3. The highest BCUT2D eigenvalue weighted by molar-refractivity contribution is 5.74. The van der Waals surface area contributed by atoms with Crippen LogP contribution in [-0.2, 0) is 4.79 Å². The summed E-state index contributed by atoms with van der Waals surface area (Å²) in [5.41, 5.74) is 7.70. The molecule has 0 radical (unpaired) electrons. The van der Waals surface area contributed by atoms with Gasteiger partial charge < -0.3 is 10.8 Å². The predicted molar refractivity (Wildman–Crippen MR) is 72.4 cm³/mol. The van der Waals surface area contributed by atoms with Crippen molar-refractivity contribution in [3.63, 3.8) is 0 Å². The lowest BCUT2D eigenvalue weighted by molar-refractivity contribution is -0.216. The van der Waals surface area contributed by atoms with E-state index in [2.05, 4.69) is 6.08 Å². The zero-order valence-electron chi connectivity index (χ0n) is 11.3. The fraction of sp³-hybridized carbons (Fsp3) is 0.812. The Bertz CT molecular complexity index is 454. The summed E-state index contributed by atoms with van der Waals surface area (Å²) in [7, 11) is 0. The van der Waals surface area contributed by atoms with Crippen LogP contribution < -0.4 is 5.73 Å². The second kappa shape index (κ2) is 3.85. The van der Waals surface area contributed by atoms with Crippen molar-refractivity contribution in [2.75, 3.05) is 6.54 Å². The zero-order valence-corrected chi connectivity index (χ0v) is 11.3. The smallest absolute Gasteiger partial charge is 0.307 e. The number of carboxylic acid groups (broad SMARTS) is 1. The molecule has 0 aromatic rings. The Morgan fingerprint density at radius 3 is 2.89 bits per heavy atom. The first-order valence-corrected chi connectivity index (χ1v) is 7.80. The Balaban J connectivity index is 1.51. The van der Waals surface area contributed by atoms with Crippen molar-refractivity contribution in [1.82, 2.24) is 0 Å². The van der Waals surface area contributed by atoms with Gasteiger partial charge in [-0.25, -0.2) is 0 Å². The van der Waals surface area contributed by atoms with Crippen molar-refractivity contribution in [3.8, 4) is 0 Å². The van der Waals surface area contributed by atoms with Crippen LogP contribution >= 0.6 is 0 Å². The summed E-state index contributed by atoms with van der Waals surface area (Å²) in [4.78, 5) is 11.4. The zero-order chi connectivity index (χ0) is 13.2. The van der Waals surface area contributed by atoms with Gasteiger partial charge in [0.15, 0.2) is 0 Å². The molecule has 0 heterocycles. The molecule has 19 heavy (non-hydrogen) atoms. The van der Waals surface area contributed by atoms with E-state index in [1.165, 1.54) is 32.1 Å². The molecule has 3 fully saturated rings. The number of hydrogen-bond donors (Lipinski definition) is 2. The standard InChI is InChI=1S/C16H23NO2/c17-8-13-14(15(18)19)12-6-11-5-10(7-16(11,12)13)4-3-9-1-2-9/h7,9,11-14H,1-6,8,17H2,(H,18,19)/t11-,12-,13?,14?,16?/m1/s1. The molecule has 3 saturated carbocycles. The van der Waals surface area contributed by atoms with Gasteiger partial charge in [-0.15, -0.1) is 0 Å². The number of hydrogen-bond acceptors (Lipinski definition) is 2. The third-order valence-corrected chi connectivity index (χ3v) is 6.47. The van der Waals surface area contributed by atoms with Gasteiger partial charge in [0.25, 0.3) is 0 Å². The molecule has 5 atom stereocenters. The van der Waals surface area contributed by atoms with Gasteiger partial charge in [-0.05, 0) is 55.9 Å². The van der Waals surface area contributed by atoms with E-state index >= 15 is 0 Å². The predicted octanol–water partition coefficient (Wildman–Crippen LogP) is 2.42. The maximum Gasteiger partial charge on any atom is 0.307 e. The van der Waals surface area contributed by atoms with E-state index in [4.69, 9.17) is 5.73 Å². The minimum absolute atomic E-state index is 0.166. The maximum atomic E-state index is 11.4. The van der Waals surface area contributed by atoms with Crippen LogP contribution in [-0.4, -0.2) is 17.6 Å². The monoisotopic (exact) mass is 261 g/mol. The highest BCUT2D eigenvalue weighted by Gasteiger charge is 2.73. The molecular weight excluding hydrogens is 238 g/mol. The van der Waals surface area contributed by atoms with Crippen molar-refractivity contribution >= 4 is 5.97 Å². The number of allylic oxidation sites excluding steroid dienone is 2. The molecule has 3 N–H and O–H groups in total. The van der Waals surface area contributed by atoms with Gasteiger partial charge >= 0.3 is 5.97 Å². The van der Waals surface area contributed by atoms with Gasteiger partial charge in [0.2, 0.25) is 0 Å². The minimum atomic E-state index is -0.621. The van der Waals surface area contributed by atoms with Gasteiger partial charge in [-0.1, -0.05) is 24.5 Å². The van der Waals surface area contributed by atoms with E-state index < -0.39 is 5.97 Å². The number of carbonyl (C=O) groups is 1. The Morgan fingerprint density at radius 1 is 1.47 bits per heavy atom. The molecule has 4 aliphatic rings. The SMILES string of the molecule is NCC1C(C(=O)O)[C@H]2C[C@H]3CC(CCC4CC4)=CC132. The molecule has 0 aromatic heterocycles. The van der Waals surface area contributed by atoms with Crippen molar-refractivity contribution in [1.29, 1.82) is 0 Å². The summed E-state index contributed by atoms with van der Waals surface area (Å²) in [6.45, 7) is 0.538. The van der Waals surface area contributed by atoms with Gasteiger partial charge in [-0.3, -0.25) is 4.79 Å². The topological polar surface area (TPSA) is 63.3 Å². The van der Waals surface area contributed by atoms with Crippen LogP contribution in [0.4, 0.5) is 0 Å². The normalized spacial score (nSPS) is 46.7. The Hall–Kier alpha value is -0.830. The van der Waals surface area contributed by atoms with Gasteiger partial charge in [0.1, 0.15) is 0 Å². The molecule has 4 rings (SSSR count). The van der Waals surface area contributed by atoms with Crippen LogP contribution in [0.5, 0.6) is 0 Å². The third kappa shape index (κ3) is 1.45. The van der Waals surface area contributed by atoms with Crippen LogP contribution in [0, 0.1) is 35.0 Å². The van der Waals surface area contributed by atoms with Gasteiger partial charge in [0, 0.05) is 5.41 Å². The first kappa shape index (κ1) is 12.0. The Kier molecular flexibility index (Phi) is 2.42. The molecule has 3 heteroatoms. The molecule has 0 aromatic carbocycles. The summed E-state index contributed by atoms with van der Waals surface area (Å²) in [5.74, 6) is 1.51. The third-order valence-electron chi connectivity index (χ3n) is 6.47. The lowest BCUT2D eigenvalue weighted by atomic mass is 9.34. The van der Waals surface area contributed by atoms with E-state index in [0.29, 0.717) is 12.5 Å². The van der Waals surface area contributed by atoms with E-state index in [1.807, 2.05) is 0 Å². The second-order valence-electron chi connectivity index (χ2n) is 7.23. The molecule has 0 saturated heterocycles. The minimum Gasteiger partial charge on any atom is -0.481 e. The van der Waals surface area contributed by atoms with E-state index in [1.54, 1.807) is 5.57 Å². The maximum absolute atomic E-state index is 11.4. The molecular formula is C16H23NO2. The fourth-order valence-corrected chi connectivity index (χ4v) is 5.35. The van der Waals surface area contributed by atoms with Crippen molar-refractivity contribution in [3.05, 3.63) is 11.6 Å². The molecule has 0 amide bonds. The van der Waals surface area contributed by atoms with Crippen LogP contribution in [0.3, 0.4) is 0 Å². The molecule has 0 aliphatic heterocycles. The van der Waals surface area contributed by atoms with E-state index in [-0.39, 0.29) is 17.3 Å². The van der Waals surface area contributed by atoms with Crippen LogP contribution in [0.1, 0.15) is 38.5 Å². The van der Waals surface area contributed by atoms with Crippen LogP contribution in [0.25, 0.3) is 0 Å². The second-order valence-corrected chi connectivity index (χ2v) is 7.23. The summed E-state index contributed by atoms with van der Waals surface area (Å²) >= 11 is 0. The van der Waals surface area contributed by atoms with E-state index in [0.717, 1.165) is 18.3 Å². The largest absolute Gasteiger partial charge is 0.481 e. The molecule has 1 spiro atoms. The highest BCUT2D eigenvalue weighted by atomic mass is 16.4. The Morgan fingerprint density at radius 2 is 2.26 bits per heavy atom. The number of aliphatic carboxylic acids is 1. The van der Waals surface area contributed by atoms with Gasteiger partial charge in [0.05, 0.1) is 5.92 Å². The average Bonchev–Trinajstić information content (AvgIpc) is 3.13. The van der Waals surface area contributed by atoms with Crippen molar-refractivity contribution in [2.24, 2.45) is 40.7 Å². The molecule has 3 unspecified atom stereocenters. The summed E-state index contributed by atoms with van der Waals surface area (Å²) in [6, 6.07) is 0. The highest BCUT2D eigenvalue weighted by Crippen LogP contribution is 2.75. The van der Waals surface area contributed by atoms with Crippen LogP contribution in [0.2, 0.25) is 0 Å². The van der Waals surface area contributed by atoms with Crippen molar-refractivity contribution < 1.29 is 9.90 Å². The fourth-order valence-electron chi connectivity index (χ4n) is 5.35. The molecule has 0 bridgehead atoms.